The smallest absolute Gasteiger partial charge is 0.326 e. The molecular formula is C9H17F3N2S. The van der Waals surface area contributed by atoms with Gasteiger partial charge in [0.1, 0.15) is 6.04 Å². The van der Waals surface area contributed by atoms with E-state index in [-0.39, 0.29) is 6.04 Å². The van der Waals surface area contributed by atoms with Crippen LogP contribution in [0, 0.1) is 0 Å². The number of alkyl halides is 3. The molecule has 0 radical (unpaired) electrons. The van der Waals surface area contributed by atoms with Gasteiger partial charge in [0.25, 0.3) is 0 Å². The van der Waals surface area contributed by atoms with Gasteiger partial charge in [-0.3, -0.25) is 4.90 Å². The van der Waals surface area contributed by atoms with E-state index in [1.807, 2.05) is 6.92 Å². The van der Waals surface area contributed by atoms with E-state index < -0.39 is 18.3 Å². The third-order valence-electron chi connectivity index (χ3n) is 2.61. The van der Waals surface area contributed by atoms with Crippen molar-refractivity contribution >= 4 is 11.8 Å². The fourth-order valence-electron chi connectivity index (χ4n) is 1.94. The molecule has 3 unspecified atom stereocenters. The predicted molar refractivity (Wildman–Crippen MR) is 57.0 cm³/mol. The van der Waals surface area contributed by atoms with Crippen LogP contribution in [0.5, 0.6) is 0 Å². The average Bonchev–Trinajstić information content (AvgIpc) is 2.05. The zero-order valence-corrected chi connectivity index (χ0v) is 9.74. The van der Waals surface area contributed by atoms with Crippen molar-refractivity contribution in [2.24, 2.45) is 5.73 Å². The first-order valence-corrected chi connectivity index (χ1v) is 6.15. The molecule has 1 fully saturated rings. The maximum absolute atomic E-state index is 12.8. The quantitative estimate of drug-likeness (QED) is 0.799. The van der Waals surface area contributed by atoms with Crippen LogP contribution >= 0.6 is 11.8 Å². The van der Waals surface area contributed by atoms with Crippen LogP contribution in [0.3, 0.4) is 0 Å². The Balaban J connectivity index is 2.78. The van der Waals surface area contributed by atoms with Gasteiger partial charge in [-0.15, -0.1) is 0 Å². The molecule has 6 heteroatoms. The molecule has 2 N–H and O–H groups in total. The summed E-state index contributed by atoms with van der Waals surface area (Å²) >= 11 is 1.70. The molecule has 0 spiro atoms. The highest BCUT2D eigenvalue weighted by Crippen LogP contribution is 2.30. The Bertz CT molecular complexity index is 208. The van der Waals surface area contributed by atoms with E-state index >= 15 is 0 Å². The highest BCUT2D eigenvalue weighted by molar-refractivity contribution is 7.99. The van der Waals surface area contributed by atoms with Crippen molar-refractivity contribution in [3.63, 3.8) is 0 Å². The van der Waals surface area contributed by atoms with Crippen molar-refractivity contribution in [3.8, 4) is 0 Å². The fourth-order valence-corrected chi connectivity index (χ4v) is 2.98. The highest BCUT2D eigenvalue weighted by Gasteiger charge is 2.47. The molecule has 0 aliphatic carbocycles. The molecule has 1 aliphatic heterocycles. The van der Waals surface area contributed by atoms with Crippen LogP contribution in [0.25, 0.3) is 0 Å². The summed E-state index contributed by atoms with van der Waals surface area (Å²) < 4.78 is 38.4. The summed E-state index contributed by atoms with van der Waals surface area (Å²) in [6, 6.07) is -2.44. The summed E-state index contributed by atoms with van der Waals surface area (Å²) in [4.78, 5) is 1.49. The van der Waals surface area contributed by atoms with E-state index in [2.05, 4.69) is 0 Å². The Hall–Kier alpha value is 0.0600. The molecule has 0 aromatic heterocycles. The lowest BCUT2D eigenvalue weighted by molar-refractivity contribution is -0.192. The molecule has 0 bridgehead atoms. The van der Waals surface area contributed by atoms with Gasteiger partial charge in [-0.05, 0) is 13.8 Å². The van der Waals surface area contributed by atoms with E-state index in [0.29, 0.717) is 6.54 Å². The van der Waals surface area contributed by atoms with Gasteiger partial charge in [0.05, 0.1) is 0 Å². The van der Waals surface area contributed by atoms with Crippen molar-refractivity contribution in [1.29, 1.82) is 0 Å². The summed E-state index contributed by atoms with van der Waals surface area (Å²) in [5.74, 6) is 1.50. The first kappa shape index (κ1) is 13.1. The Labute approximate surface area is 92.4 Å². The van der Waals surface area contributed by atoms with Gasteiger partial charge in [0.15, 0.2) is 0 Å². The topological polar surface area (TPSA) is 29.3 Å². The molecule has 2 nitrogen and oxygen atoms in total. The fraction of sp³-hybridized carbons (Fsp3) is 1.00. The minimum Gasteiger partial charge on any atom is -0.326 e. The van der Waals surface area contributed by atoms with Crippen LogP contribution in [0.2, 0.25) is 0 Å². The van der Waals surface area contributed by atoms with Crippen LogP contribution < -0.4 is 5.73 Å². The molecule has 90 valence electrons. The van der Waals surface area contributed by atoms with E-state index in [9.17, 15) is 13.2 Å². The normalized spacial score (nSPS) is 28.8. The summed E-state index contributed by atoms with van der Waals surface area (Å²) in [5, 5.41) is 0. The van der Waals surface area contributed by atoms with E-state index in [1.54, 1.807) is 11.8 Å². The molecule has 1 aliphatic rings. The summed E-state index contributed by atoms with van der Waals surface area (Å²) in [6.07, 6.45) is -4.23. The van der Waals surface area contributed by atoms with Crippen LogP contribution in [0.4, 0.5) is 13.2 Å². The number of nitrogens with zero attached hydrogens (tertiary/aromatic N) is 1. The van der Waals surface area contributed by atoms with Gasteiger partial charge < -0.3 is 5.73 Å². The van der Waals surface area contributed by atoms with E-state index in [4.69, 9.17) is 5.73 Å². The van der Waals surface area contributed by atoms with Crippen LogP contribution in [0.15, 0.2) is 0 Å². The zero-order chi connectivity index (χ0) is 11.6. The number of thioether (sulfide) groups is 1. The average molecular weight is 242 g/mol. The maximum atomic E-state index is 12.8. The van der Waals surface area contributed by atoms with Crippen LogP contribution in [-0.2, 0) is 0 Å². The summed E-state index contributed by atoms with van der Waals surface area (Å²) in [6.45, 7) is 3.72. The molecule has 1 saturated heterocycles. The van der Waals surface area contributed by atoms with Crippen molar-refractivity contribution < 1.29 is 13.2 Å². The number of hydrogen-bond acceptors (Lipinski definition) is 3. The molecule has 0 aromatic rings. The van der Waals surface area contributed by atoms with E-state index in [1.165, 1.54) is 11.8 Å². The van der Waals surface area contributed by atoms with Crippen LogP contribution in [0.1, 0.15) is 13.8 Å². The number of halogens is 3. The van der Waals surface area contributed by atoms with Crippen LogP contribution in [-0.4, -0.2) is 47.3 Å². The lowest BCUT2D eigenvalue weighted by Crippen LogP contribution is -2.59. The second-order valence-corrected chi connectivity index (χ2v) is 5.16. The molecule has 0 saturated carbocycles. The maximum Gasteiger partial charge on any atom is 0.405 e. The Morgan fingerprint density at radius 3 is 2.47 bits per heavy atom. The largest absolute Gasteiger partial charge is 0.405 e. The van der Waals surface area contributed by atoms with Crippen molar-refractivity contribution in [1.82, 2.24) is 4.90 Å². The Morgan fingerprint density at radius 2 is 2.07 bits per heavy atom. The van der Waals surface area contributed by atoms with Crippen molar-refractivity contribution in [2.75, 3.05) is 18.1 Å². The monoisotopic (exact) mass is 242 g/mol. The molecule has 0 aromatic carbocycles. The Kier molecular flexibility index (Phi) is 4.31. The van der Waals surface area contributed by atoms with Gasteiger partial charge in [-0.2, -0.15) is 24.9 Å². The molecular weight excluding hydrogens is 225 g/mol. The van der Waals surface area contributed by atoms with Gasteiger partial charge in [0.2, 0.25) is 0 Å². The second-order valence-electron chi connectivity index (χ2n) is 4.01. The van der Waals surface area contributed by atoms with Gasteiger partial charge in [-0.25, -0.2) is 0 Å². The van der Waals surface area contributed by atoms with Crippen molar-refractivity contribution in [2.45, 2.75) is 38.1 Å². The molecule has 1 heterocycles. The minimum atomic E-state index is -4.23. The molecule has 3 atom stereocenters. The van der Waals surface area contributed by atoms with Gasteiger partial charge in [0, 0.05) is 30.1 Å². The lowest BCUT2D eigenvalue weighted by Gasteiger charge is -2.41. The third kappa shape index (κ3) is 3.26. The van der Waals surface area contributed by atoms with E-state index in [0.717, 1.165) is 11.5 Å². The predicted octanol–water partition coefficient (Wildman–Crippen LogP) is 1.70. The molecule has 0 amide bonds. The number of hydrogen-bond donors (Lipinski definition) is 1. The van der Waals surface area contributed by atoms with Crippen molar-refractivity contribution in [3.05, 3.63) is 0 Å². The SMILES string of the molecule is CC(N)C(N1CCSCC1C)C(F)(F)F. The minimum absolute atomic E-state index is 0.0543. The first-order valence-electron chi connectivity index (χ1n) is 5.00. The summed E-state index contributed by atoms with van der Waals surface area (Å²) in [5.41, 5.74) is 5.45. The highest BCUT2D eigenvalue weighted by atomic mass is 32.2. The third-order valence-corrected chi connectivity index (χ3v) is 3.80. The Morgan fingerprint density at radius 1 is 1.47 bits per heavy atom. The van der Waals surface area contributed by atoms with Gasteiger partial charge in [-0.1, -0.05) is 0 Å². The van der Waals surface area contributed by atoms with Gasteiger partial charge >= 0.3 is 6.18 Å². The summed E-state index contributed by atoms with van der Waals surface area (Å²) in [7, 11) is 0. The second kappa shape index (κ2) is 4.93. The lowest BCUT2D eigenvalue weighted by atomic mass is 10.1. The standard InChI is InChI=1S/C9H17F3N2S/c1-6-5-15-4-3-14(6)8(7(2)13)9(10,11)12/h6-8H,3-5,13H2,1-2H3. The molecule has 1 rings (SSSR count). The number of nitrogens with two attached hydrogens (primary N) is 1. The first-order chi connectivity index (χ1) is 6.84. The zero-order valence-electron chi connectivity index (χ0n) is 8.92. The molecule has 15 heavy (non-hydrogen) atoms. The number of rotatable bonds is 2.